The molecule has 1 aliphatic heterocycles. The van der Waals surface area contributed by atoms with Gasteiger partial charge in [0.1, 0.15) is 5.82 Å². The first kappa shape index (κ1) is 13.4. The molecule has 0 bridgehead atoms. The van der Waals surface area contributed by atoms with Crippen LogP contribution in [0, 0.1) is 5.82 Å². The van der Waals surface area contributed by atoms with Crippen LogP contribution in [0.25, 0.3) is 0 Å². The molecule has 2 N–H and O–H groups in total. The molecule has 18 heavy (non-hydrogen) atoms. The number of rotatable bonds is 5. The van der Waals surface area contributed by atoms with Crippen molar-refractivity contribution in [1.82, 2.24) is 14.8 Å². The molecule has 1 fully saturated rings. The van der Waals surface area contributed by atoms with E-state index in [2.05, 4.69) is 14.8 Å². The topological polar surface area (TPSA) is 45.4 Å². The molecule has 2 heterocycles. The van der Waals surface area contributed by atoms with E-state index in [4.69, 9.17) is 5.73 Å². The largest absolute Gasteiger partial charge is 0.330 e. The van der Waals surface area contributed by atoms with Crippen molar-refractivity contribution in [2.75, 3.05) is 39.3 Å². The minimum absolute atomic E-state index is 0.255. The molecule has 1 aromatic rings. The number of hydrogen-bond donors (Lipinski definition) is 1. The Labute approximate surface area is 108 Å². The minimum atomic E-state index is -0.255. The molecule has 0 spiro atoms. The van der Waals surface area contributed by atoms with E-state index >= 15 is 0 Å². The maximum Gasteiger partial charge on any atom is 0.141 e. The summed E-state index contributed by atoms with van der Waals surface area (Å²) < 4.78 is 13.0. The maximum absolute atomic E-state index is 13.0. The first-order valence-corrected chi connectivity index (χ1v) is 6.52. The fraction of sp³-hybridized carbons (Fsp3) is 0.615. The van der Waals surface area contributed by atoms with Gasteiger partial charge in [-0.25, -0.2) is 4.39 Å². The lowest BCUT2D eigenvalue weighted by Gasteiger charge is -2.34. The van der Waals surface area contributed by atoms with Gasteiger partial charge in [0.15, 0.2) is 0 Å². The number of hydrogen-bond acceptors (Lipinski definition) is 4. The van der Waals surface area contributed by atoms with Crippen molar-refractivity contribution in [3.8, 4) is 0 Å². The zero-order chi connectivity index (χ0) is 12.8. The van der Waals surface area contributed by atoms with Gasteiger partial charge in [-0.3, -0.25) is 9.88 Å². The average molecular weight is 252 g/mol. The van der Waals surface area contributed by atoms with E-state index in [0.29, 0.717) is 0 Å². The Hall–Kier alpha value is -1.04. The summed E-state index contributed by atoms with van der Waals surface area (Å²) in [6.07, 6.45) is 4.05. The summed E-state index contributed by atoms with van der Waals surface area (Å²) in [6, 6.07) is 1.56. The number of piperazine rings is 1. The molecule has 2 rings (SSSR count). The van der Waals surface area contributed by atoms with Crippen molar-refractivity contribution in [2.24, 2.45) is 5.73 Å². The van der Waals surface area contributed by atoms with E-state index in [9.17, 15) is 4.39 Å². The summed E-state index contributed by atoms with van der Waals surface area (Å²) in [4.78, 5) is 8.66. The Bertz CT molecular complexity index is 364. The quantitative estimate of drug-likeness (QED) is 0.837. The molecule has 0 aliphatic carbocycles. The molecule has 1 aromatic heterocycles. The fourth-order valence-corrected chi connectivity index (χ4v) is 2.29. The van der Waals surface area contributed by atoms with Crippen LogP contribution >= 0.6 is 0 Å². The molecule has 0 aromatic carbocycles. The lowest BCUT2D eigenvalue weighted by molar-refractivity contribution is 0.126. The highest BCUT2D eigenvalue weighted by atomic mass is 19.1. The Kier molecular flexibility index (Phi) is 5.04. The van der Waals surface area contributed by atoms with Crippen molar-refractivity contribution in [3.05, 3.63) is 29.8 Å². The normalized spacial score (nSPS) is 18.1. The van der Waals surface area contributed by atoms with Crippen molar-refractivity contribution in [2.45, 2.75) is 13.0 Å². The first-order chi connectivity index (χ1) is 8.78. The highest BCUT2D eigenvalue weighted by molar-refractivity contribution is 5.10. The van der Waals surface area contributed by atoms with E-state index < -0.39 is 0 Å². The fourth-order valence-electron chi connectivity index (χ4n) is 2.29. The van der Waals surface area contributed by atoms with Gasteiger partial charge >= 0.3 is 0 Å². The third-order valence-corrected chi connectivity index (χ3v) is 3.31. The summed E-state index contributed by atoms with van der Waals surface area (Å²) in [5, 5.41) is 0. The third kappa shape index (κ3) is 4.01. The molecule has 1 aliphatic rings. The molecular formula is C13H21FN4. The molecule has 1 saturated heterocycles. The molecule has 4 nitrogen and oxygen atoms in total. The van der Waals surface area contributed by atoms with E-state index in [1.807, 2.05) is 0 Å². The van der Waals surface area contributed by atoms with Crippen LogP contribution in [-0.2, 0) is 6.54 Å². The van der Waals surface area contributed by atoms with Gasteiger partial charge in [-0.1, -0.05) is 0 Å². The molecule has 100 valence electrons. The van der Waals surface area contributed by atoms with Gasteiger partial charge < -0.3 is 10.6 Å². The summed E-state index contributed by atoms with van der Waals surface area (Å²) in [5.74, 6) is -0.255. The van der Waals surface area contributed by atoms with Crippen LogP contribution in [0.5, 0.6) is 0 Å². The number of halogens is 1. The zero-order valence-electron chi connectivity index (χ0n) is 10.7. The van der Waals surface area contributed by atoms with Gasteiger partial charge in [0.2, 0.25) is 0 Å². The van der Waals surface area contributed by atoms with Gasteiger partial charge in [-0.15, -0.1) is 0 Å². The highest BCUT2D eigenvalue weighted by Gasteiger charge is 2.16. The highest BCUT2D eigenvalue weighted by Crippen LogP contribution is 2.09. The number of aromatic nitrogens is 1. The first-order valence-electron chi connectivity index (χ1n) is 6.52. The van der Waals surface area contributed by atoms with Gasteiger partial charge in [-0.2, -0.15) is 0 Å². The SMILES string of the molecule is NCCCN1CCN(Cc2cncc(F)c2)CC1. The van der Waals surface area contributed by atoms with Crippen molar-refractivity contribution < 1.29 is 4.39 Å². The van der Waals surface area contributed by atoms with Gasteiger partial charge in [0.05, 0.1) is 6.20 Å². The van der Waals surface area contributed by atoms with E-state index in [-0.39, 0.29) is 5.82 Å². The maximum atomic E-state index is 13.0. The summed E-state index contributed by atoms with van der Waals surface area (Å²) in [7, 11) is 0. The molecule has 0 radical (unpaired) electrons. The summed E-state index contributed by atoms with van der Waals surface area (Å²) in [6.45, 7) is 6.84. The van der Waals surface area contributed by atoms with Gasteiger partial charge in [0.25, 0.3) is 0 Å². The predicted molar refractivity (Wildman–Crippen MR) is 69.6 cm³/mol. The number of nitrogens with zero attached hydrogens (tertiary/aromatic N) is 3. The van der Waals surface area contributed by atoms with E-state index in [1.54, 1.807) is 12.3 Å². The Balaban J connectivity index is 1.76. The minimum Gasteiger partial charge on any atom is -0.330 e. The average Bonchev–Trinajstić information content (AvgIpc) is 2.38. The standard InChI is InChI=1S/C13H21FN4/c14-13-8-12(9-16-10-13)11-18-6-4-17(5-7-18)3-1-2-15/h8-10H,1-7,11,15H2. The van der Waals surface area contributed by atoms with Crippen LogP contribution in [0.4, 0.5) is 4.39 Å². The summed E-state index contributed by atoms with van der Waals surface area (Å²) >= 11 is 0. The van der Waals surface area contributed by atoms with Gasteiger partial charge in [-0.05, 0) is 31.1 Å². The molecule has 0 amide bonds. The lowest BCUT2D eigenvalue weighted by Crippen LogP contribution is -2.46. The monoisotopic (exact) mass is 252 g/mol. The van der Waals surface area contributed by atoms with Crippen LogP contribution < -0.4 is 5.73 Å². The number of nitrogens with two attached hydrogens (primary N) is 1. The molecular weight excluding hydrogens is 231 g/mol. The molecule has 0 unspecified atom stereocenters. The van der Waals surface area contributed by atoms with Crippen LogP contribution in [-0.4, -0.2) is 54.1 Å². The van der Waals surface area contributed by atoms with E-state index in [1.165, 1.54) is 6.20 Å². The van der Waals surface area contributed by atoms with Gasteiger partial charge in [0, 0.05) is 38.9 Å². The van der Waals surface area contributed by atoms with Crippen molar-refractivity contribution in [3.63, 3.8) is 0 Å². The second kappa shape index (κ2) is 6.78. The Morgan fingerprint density at radius 1 is 1.17 bits per heavy atom. The van der Waals surface area contributed by atoms with Crippen LogP contribution in [0.3, 0.4) is 0 Å². The van der Waals surface area contributed by atoms with Crippen LogP contribution in [0.15, 0.2) is 18.5 Å². The third-order valence-electron chi connectivity index (χ3n) is 3.31. The van der Waals surface area contributed by atoms with Crippen LogP contribution in [0.2, 0.25) is 0 Å². The smallest absolute Gasteiger partial charge is 0.141 e. The van der Waals surface area contributed by atoms with E-state index in [0.717, 1.165) is 57.8 Å². The second-order valence-electron chi connectivity index (χ2n) is 4.77. The Morgan fingerprint density at radius 3 is 2.56 bits per heavy atom. The summed E-state index contributed by atoms with van der Waals surface area (Å²) in [5.41, 5.74) is 6.46. The second-order valence-corrected chi connectivity index (χ2v) is 4.77. The molecule has 0 atom stereocenters. The molecule has 5 heteroatoms. The van der Waals surface area contributed by atoms with Crippen molar-refractivity contribution in [1.29, 1.82) is 0 Å². The van der Waals surface area contributed by atoms with Crippen LogP contribution in [0.1, 0.15) is 12.0 Å². The van der Waals surface area contributed by atoms with Crippen molar-refractivity contribution >= 4 is 0 Å². The molecule has 0 saturated carbocycles. The zero-order valence-corrected chi connectivity index (χ0v) is 10.7. The lowest BCUT2D eigenvalue weighted by atomic mass is 10.2. The number of pyridine rings is 1. The predicted octanol–water partition coefficient (Wildman–Crippen LogP) is 0.687. The Morgan fingerprint density at radius 2 is 1.89 bits per heavy atom.